The fourth-order valence-electron chi connectivity index (χ4n) is 1.59. The third-order valence-corrected chi connectivity index (χ3v) is 2.64. The van der Waals surface area contributed by atoms with Gasteiger partial charge >= 0.3 is 0 Å². The van der Waals surface area contributed by atoms with Gasteiger partial charge in [0.05, 0.1) is 5.69 Å². The van der Waals surface area contributed by atoms with E-state index in [0.717, 1.165) is 17.1 Å². The van der Waals surface area contributed by atoms with E-state index in [2.05, 4.69) is 20.3 Å². The number of nitrogens with two attached hydrogens (primary N) is 1. The second-order valence-electron chi connectivity index (χ2n) is 4.35. The van der Waals surface area contributed by atoms with Crippen LogP contribution in [0.2, 0.25) is 0 Å². The van der Waals surface area contributed by atoms with Crippen LogP contribution in [0.25, 0.3) is 0 Å². The van der Waals surface area contributed by atoms with Crippen molar-refractivity contribution in [2.24, 2.45) is 5.73 Å². The highest BCUT2D eigenvalue weighted by Gasteiger charge is 2.01. The highest BCUT2D eigenvalue weighted by atomic mass is 15.1. The Morgan fingerprint density at radius 3 is 2.74 bits per heavy atom. The molecule has 0 unspecified atom stereocenters. The molecular weight excluding hydrogens is 240 g/mol. The Kier molecular flexibility index (Phi) is 4.25. The van der Waals surface area contributed by atoms with Gasteiger partial charge < -0.3 is 16.0 Å². The highest BCUT2D eigenvalue weighted by molar-refractivity contribution is 5.40. The van der Waals surface area contributed by atoms with Gasteiger partial charge in [0.2, 0.25) is 5.95 Å². The van der Waals surface area contributed by atoms with E-state index in [-0.39, 0.29) is 0 Å². The molecule has 0 saturated carbocycles. The van der Waals surface area contributed by atoms with Gasteiger partial charge in [0.25, 0.3) is 0 Å². The van der Waals surface area contributed by atoms with Crippen molar-refractivity contribution in [3.8, 4) is 0 Å². The molecule has 2 aromatic rings. The molecule has 0 aromatic carbocycles. The Bertz CT molecular complexity index is 540. The van der Waals surface area contributed by atoms with Gasteiger partial charge in [-0.25, -0.2) is 15.0 Å². The summed E-state index contributed by atoms with van der Waals surface area (Å²) in [7, 11) is 3.93. The number of aromatic nitrogens is 3. The van der Waals surface area contributed by atoms with Gasteiger partial charge in [-0.3, -0.25) is 0 Å². The molecule has 6 heteroatoms. The van der Waals surface area contributed by atoms with Crippen molar-refractivity contribution in [3.63, 3.8) is 0 Å². The quantitative estimate of drug-likeness (QED) is 0.833. The normalized spacial score (nSPS) is 10.3. The molecule has 2 heterocycles. The van der Waals surface area contributed by atoms with Crippen LogP contribution in [0.4, 0.5) is 11.8 Å². The molecule has 2 aromatic heterocycles. The highest BCUT2D eigenvalue weighted by Crippen LogP contribution is 2.10. The van der Waals surface area contributed by atoms with E-state index in [1.807, 2.05) is 37.2 Å². The average Bonchev–Trinajstić information content (AvgIpc) is 2.45. The molecule has 0 aliphatic heterocycles. The van der Waals surface area contributed by atoms with E-state index in [1.165, 1.54) is 0 Å². The second-order valence-corrected chi connectivity index (χ2v) is 4.35. The molecule has 0 atom stereocenters. The topological polar surface area (TPSA) is 80.0 Å². The number of pyridine rings is 1. The zero-order valence-electron chi connectivity index (χ0n) is 11.2. The van der Waals surface area contributed by atoms with Crippen molar-refractivity contribution in [1.29, 1.82) is 0 Å². The maximum absolute atomic E-state index is 5.55. The number of nitrogens with one attached hydrogen (secondary N) is 1. The second kappa shape index (κ2) is 6.10. The summed E-state index contributed by atoms with van der Waals surface area (Å²) < 4.78 is 0. The lowest BCUT2D eigenvalue weighted by Crippen LogP contribution is -2.11. The van der Waals surface area contributed by atoms with Crippen LogP contribution in [0, 0.1) is 0 Å². The lowest BCUT2D eigenvalue weighted by atomic mass is 10.2. The molecule has 0 spiro atoms. The fourth-order valence-corrected chi connectivity index (χ4v) is 1.59. The molecule has 0 radical (unpaired) electrons. The van der Waals surface area contributed by atoms with Crippen LogP contribution in [-0.4, -0.2) is 29.0 Å². The first-order valence-corrected chi connectivity index (χ1v) is 6.07. The van der Waals surface area contributed by atoms with Crippen LogP contribution < -0.4 is 16.0 Å². The number of hydrogen-bond donors (Lipinski definition) is 2. The van der Waals surface area contributed by atoms with Gasteiger partial charge in [0.15, 0.2) is 0 Å². The lowest BCUT2D eigenvalue weighted by Gasteiger charge is -2.12. The van der Waals surface area contributed by atoms with E-state index in [0.29, 0.717) is 19.0 Å². The Hall–Kier alpha value is -2.21. The minimum Gasteiger partial charge on any atom is -0.363 e. The summed E-state index contributed by atoms with van der Waals surface area (Å²) in [4.78, 5) is 14.7. The zero-order chi connectivity index (χ0) is 13.7. The van der Waals surface area contributed by atoms with E-state index in [9.17, 15) is 0 Å². The van der Waals surface area contributed by atoms with Gasteiger partial charge in [0.1, 0.15) is 5.82 Å². The molecule has 3 N–H and O–H groups in total. The van der Waals surface area contributed by atoms with Crippen LogP contribution in [0.3, 0.4) is 0 Å². The van der Waals surface area contributed by atoms with E-state index < -0.39 is 0 Å². The first kappa shape index (κ1) is 13.2. The third-order valence-electron chi connectivity index (χ3n) is 2.64. The van der Waals surface area contributed by atoms with Gasteiger partial charge in [0, 0.05) is 39.6 Å². The Morgan fingerprint density at radius 1 is 1.21 bits per heavy atom. The van der Waals surface area contributed by atoms with Crippen LogP contribution in [0.15, 0.2) is 30.6 Å². The van der Waals surface area contributed by atoms with Gasteiger partial charge in [-0.05, 0) is 23.8 Å². The Labute approximate surface area is 112 Å². The smallest absolute Gasteiger partial charge is 0.223 e. The van der Waals surface area contributed by atoms with Crippen molar-refractivity contribution in [2.75, 3.05) is 24.3 Å². The zero-order valence-corrected chi connectivity index (χ0v) is 11.2. The number of anilines is 2. The molecule has 19 heavy (non-hydrogen) atoms. The predicted molar refractivity (Wildman–Crippen MR) is 75.8 cm³/mol. The van der Waals surface area contributed by atoms with Gasteiger partial charge in [-0.2, -0.15) is 0 Å². The first-order chi connectivity index (χ1) is 9.19. The maximum atomic E-state index is 5.55. The van der Waals surface area contributed by atoms with Gasteiger partial charge in [-0.15, -0.1) is 0 Å². The standard InChI is InChI=1S/C13H18N6/c1-19(2)12-7-10(3-5-15-12)9-17-13-16-6-4-11(8-14)18-13/h3-7H,8-9,14H2,1-2H3,(H,16,17,18). The van der Waals surface area contributed by atoms with Crippen molar-refractivity contribution in [1.82, 2.24) is 15.0 Å². The summed E-state index contributed by atoms with van der Waals surface area (Å²) in [5.74, 6) is 1.52. The van der Waals surface area contributed by atoms with Crippen LogP contribution in [0.1, 0.15) is 11.3 Å². The number of nitrogens with zero attached hydrogens (tertiary/aromatic N) is 4. The number of rotatable bonds is 5. The average molecular weight is 258 g/mol. The molecular formula is C13H18N6. The molecule has 0 bridgehead atoms. The summed E-state index contributed by atoms with van der Waals surface area (Å²) in [5.41, 5.74) is 7.49. The molecule has 2 rings (SSSR count). The summed E-state index contributed by atoms with van der Waals surface area (Å²) in [5, 5.41) is 3.18. The molecule has 100 valence electrons. The molecule has 0 aliphatic carbocycles. The first-order valence-electron chi connectivity index (χ1n) is 6.07. The van der Waals surface area contributed by atoms with Crippen molar-refractivity contribution >= 4 is 11.8 Å². The summed E-state index contributed by atoms with van der Waals surface area (Å²) in [6.45, 7) is 1.06. The lowest BCUT2D eigenvalue weighted by molar-refractivity contribution is 0.948. The van der Waals surface area contributed by atoms with Crippen molar-refractivity contribution in [2.45, 2.75) is 13.1 Å². The molecule has 0 saturated heterocycles. The minimum atomic E-state index is 0.414. The van der Waals surface area contributed by atoms with Crippen LogP contribution in [-0.2, 0) is 13.1 Å². The van der Waals surface area contributed by atoms with Crippen LogP contribution in [0.5, 0.6) is 0 Å². The number of hydrogen-bond acceptors (Lipinski definition) is 6. The van der Waals surface area contributed by atoms with E-state index in [1.54, 1.807) is 12.4 Å². The van der Waals surface area contributed by atoms with E-state index >= 15 is 0 Å². The van der Waals surface area contributed by atoms with Gasteiger partial charge in [-0.1, -0.05) is 0 Å². The monoisotopic (exact) mass is 258 g/mol. The van der Waals surface area contributed by atoms with E-state index in [4.69, 9.17) is 5.73 Å². The van der Waals surface area contributed by atoms with Crippen molar-refractivity contribution in [3.05, 3.63) is 41.9 Å². The summed E-state index contributed by atoms with van der Waals surface area (Å²) >= 11 is 0. The largest absolute Gasteiger partial charge is 0.363 e. The molecule has 0 aliphatic rings. The summed E-state index contributed by atoms with van der Waals surface area (Å²) in [6, 6.07) is 5.80. The van der Waals surface area contributed by atoms with Crippen molar-refractivity contribution < 1.29 is 0 Å². The summed E-state index contributed by atoms with van der Waals surface area (Å²) in [6.07, 6.45) is 3.50. The predicted octanol–water partition coefficient (Wildman–Crippen LogP) is 1.01. The SMILES string of the molecule is CN(C)c1cc(CNc2nccc(CN)n2)ccn1. The van der Waals surface area contributed by atoms with Crippen LogP contribution >= 0.6 is 0 Å². The molecule has 6 nitrogen and oxygen atoms in total. The maximum Gasteiger partial charge on any atom is 0.223 e. The fraction of sp³-hybridized carbons (Fsp3) is 0.308. The Morgan fingerprint density at radius 2 is 2.00 bits per heavy atom. The Balaban J connectivity index is 2.03. The third kappa shape index (κ3) is 3.62. The molecule has 0 amide bonds. The molecule has 0 fully saturated rings. The minimum absolute atomic E-state index is 0.414.